The number of benzene rings is 3. The minimum Gasteiger partial charge on any atom is -0.455 e. The van der Waals surface area contributed by atoms with Gasteiger partial charge in [-0.25, -0.2) is 5.43 Å². The monoisotopic (exact) mass is 494 g/mol. The van der Waals surface area contributed by atoms with Crippen molar-refractivity contribution in [3.05, 3.63) is 107 Å². The summed E-state index contributed by atoms with van der Waals surface area (Å²) in [5.41, 5.74) is 10.9. The van der Waals surface area contributed by atoms with Gasteiger partial charge < -0.3 is 4.42 Å². The number of furan rings is 1. The molecule has 0 atom stereocenters. The third-order valence-corrected chi connectivity index (χ3v) is 6.38. The molecule has 4 aromatic rings. The highest BCUT2D eigenvalue weighted by Gasteiger charge is 2.28. The largest absolute Gasteiger partial charge is 0.455 e. The molecule has 1 aliphatic rings. The van der Waals surface area contributed by atoms with Crippen molar-refractivity contribution in [1.29, 1.82) is 0 Å². The molecule has 0 unspecified atom stereocenters. The Morgan fingerprint density at radius 1 is 0.865 bits per heavy atom. The number of amides is 3. The summed E-state index contributed by atoms with van der Waals surface area (Å²) in [7, 11) is 0. The van der Waals surface area contributed by atoms with Gasteiger partial charge in [0.1, 0.15) is 5.76 Å². The third kappa shape index (κ3) is 5.13. The van der Waals surface area contributed by atoms with Crippen LogP contribution in [0, 0.1) is 6.92 Å². The van der Waals surface area contributed by atoms with Crippen LogP contribution in [0.4, 0.5) is 0 Å². The van der Waals surface area contributed by atoms with Crippen molar-refractivity contribution in [3.8, 4) is 0 Å². The average Bonchev–Trinajstić information content (AvgIpc) is 3.27. The van der Waals surface area contributed by atoms with Crippen LogP contribution in [0.2, 0.25) is 0 Å². The number of carbonyl (C=O) groups is 3. The van der Waals surface area contributed by atoms with Crippen molar-refractivity contribution in [2.24, 2.45) is 5.10 Å². The summed E-state index contributed by atoms with van der Waals surface area (Å²) in [6.45, 7) is 1.77. The van der Waals surface area contributed by atoms with Crippen LogP contribution in [0.15, 0.2) is 82.3 Å². The molecule has 1 heterocycles. The molecule has 8 heteroatoms. The van der Waals surface area contributed by atoms with Crippen molar-refractivity contribution in [2.75, 3.05) is 0 Å². The predicted molar refractivity (Wildman–Crippen MR) is 140 cm³/mol. The first-order chi connectivity index (χ1) is 18.0. The maximum atomic E-state index is 12.9. The highest BCUT2D eigenvalue weighted by atomic mass is 16.4. The number of hydrogen-bond donors (Lipinski definition) is 3. The van der Waals surface area contributed by atoms with Gasteiger partial charge in [0.25, 0.3) is 5.91 Å². The Morgan fingerprint density at radius 3 is 2.46 bits per heavy atom. The summed E-state index contributed by atoms with van der Waals surface area (Å²) < 4.78 is 5.87. The van der Waals surface area contributed by atoms with Gasteiger partial charge in [0, 0.05) is 23.1 Å². The summed E-state index contributed by atoms with van der Waals surface area (Å²) in [4.78, 5) is 38.0. The minimum atomic E-state index is -0.549. The Morgan fingerprint density at radius 2 is 1.62 bits per heavy atom. The zero-order valence-electron chi connectivity index (χ0n) is 20.3. The van der Waals surface area contributed by atoms with Crippen LogP contribution >= 0.6 is 0 Å². The van der Waals surface area contributed by atoms with Crippen molar-refractivity contribution < 1.29 is 18.8 Å². The van der Waals surface area contributed by atoms with Crippen LogP contribution in [0.25, 0.3) is 10.8 Å². The molecule has 3 N–H and O–H groups in total. The lowest BCUT2D eigenvalue weighted by atomic mass is 9.93. The first kappa shape index (κ1) is 24.0. The molecule has 8 nitrogen and oxygen atoms in total. The second-order valence-electron chi connectivity index (χ2n) is 8.90. The van der Waals surface area contributed by atoms with E-state index in [0.29, 0.717) is 35.4 Å². The fourth-order valence-electron chi connectivity index (χ4n) is 4.61. The Bertz CT molecular complexity index is 1520. The van der Waals surface area contributed by atoms with Crippen molar-refractivity contribution in [1.82, 2.24) is 16.3 Å². The summed E-state index contributed by atoms with van der Waals surface area (Å²) >= 11 is 0. The van der Waals surface area contributed by atoms with Gasteiger partial charge in [-0.2, -0.15) is 5.10 Å². The van der Waals surface area contributed by atoms with Gasteiger partial charge in [-0.05, 0) is 42.2 Å². The summed E-state index contributed by atoms with van der Waals surface area (Å²) in [5.74, 6) is -0.446. The van der Waals surface area contributed by atoms with Gasteiger partial charge in [-0.3, -0.25) is 25.2 Å². The Hall–Kier alpha value is -4.72. The highest BCUT2D eigenvalue weighted by Crippen LogP contribution is 2.30. The van der Waals surface area contributed by atoms with E-state index in [9.17, 15) is 14.4 Å². The molecule has 0 saturated heterocycles. The average molecular weight is 495 g/mol. The van der Waals surface area contributed by atoms with Crippen LogP contribution in [0.5, 0.6) is 0 Å². The van der Waals surface area contributed by atoms with E-state index in [1.165, 1.54) is 0 Å². The van der Waals surface area contributed by atoms with E-state index < -0.39 is 5.91 Å². The van der Waals surface area contributed by atoms with Gasteiger partial charge in [0.2, 0.25) is 5.91 Å². The number of aryl methyl sites for hydroxylation is 1. The Balaban J connectivity index is 1.30. The van der Waals surface area contributed by atoms with Crippen LogP contribution in [-0.2, 0) is 17.6 Å². The molecule has 3 aromatic carbocycles. The third-order valence-electron chi connectivity index (χ3n) is 6.38. The lowest BCUT2D eigenvalue weighted by molar-refractivity contribution is -0.121. The van der Waals surface area contributed by atoms with Crippen LogP contribution in [0.1, 0.15) is 56.2 Å². The SMILES string of the molecule is Cc1c(C(=O)NNC(=O)Cc2ccccc2)oc2c1/C(=N/NC(=O)c1cccc3ccccc13)CCC2. The van der Waals surface area contributed by atoms with E-state index in [2.05, 4.69) is 21.4 Å². The van der Waals surface area contributed by atoms with Gasteiger partial charge in [0.15, 0.2) is 5.76 Å². The summed E-state index contributed by atoms with van der Waals surface area (Å²) in [6, 6.07) is 22.5. The highest BCUT2D eigenvalue weighted by molar-refractivity contribution is 6.09. The van der Waals surface area contributed by atoms with Crippen LogP contribution < -0.4 is 16.3 Å². The number of nitrogens with one attached hydrogen (secondary N) is 3. The van der Waals surface area contributed by atoms with E-state index in [-0.39, 0.29) is 24.0 Å². The number of carbonyl (C=O) groups excluding carboxylic acids is 3. The van der Waals surface area contributed by atoms with E-state index >= 15 is 0 Å². The maximum absolute atomic E-state index is 12.9. The Labute approximate surface area is 213 Å². The van der Waals surface area contributed by atoms with Crippen molar-refractivity contribution in [2.45, 2.75) is 32.6 Å². The number of fused-ring (bicyclic) bond motifs is 2. The predicted octanol–water partition coefficient (Wildman–Crippen LogP) is 4.22. The zero-order valence-corrected chi connectivity index (χ0v) is 20.3. The second-order valence-corrected chi connectivity index (χ2v) is 8.90. The minimum absolute atomic E-state index is 0.111. The molecule has 1 aromatic heterocycles. The fraction of sp³-hybridized carbons (Fsp3) is 0.172. The van der Waals surface area contributed by atoms with Gasteiger partial charge in [0.05, 0.1) is 12.1 Å². The molecule has 3 amide bonds. The maximum Gasteiger partial charge on any atom is 0.305 e. The summed E-state index contributed by atoms with van der Waals surface area (Å²) in [5, 5.41) is 6.24. The van der Waals surface area contributed by atoms with E-state index in [0.717, 1.165) is 28.3 Å². The van der Waals surface area contributed by atoms with Crippen LogP contribution in [0.3, 0.4) is 0 Å². The van der Waals surface area contributed by atoms with E-state index in [1.807, 2.05) is 66.7 Å². The molecule has 5 rings (SSSR count). The van der Waals surface area contributed by atoms with Crippen LogP contribution in [-0.4, -0.2) is 23.4 Å². The molecule has 0 fully saturated rings. The molecular weight excluding hydrogens is 468 g/mol. The van der Waals surface area contributed by atoms with Gasteiger partial charge in [-0.15, -0.1) is 0 Å². The molecule has 1 aliphatic carbocycles. The van der Waals surface area contributed by atoms with E-state index in [1.54, 1.807) is 13.0 Å². The molecular formula is C29H26N4O4. The molecule has 0 bridgehead atoms. The van der Waals surface area contributed by atoms with Crippen molar-refractivity contribution in [3.63, 3.8) is 0 Å². The molecule has 0 spiro atoms. The molecule has 0 saturated carbocycles. The molecule has 186 valence electrons. The van der Waals surface area contributed by atoms with E-state index in [4.69, 9.17) is 4.42 Å². The Kier molecular flexibility index (Phi) is 6.81. The first-order valence-corrected chi connectivity index (χ1v) is 12.1. The zero-order chi connectivity index (χ0) is 25.8. The topological polar surface area (TPSA) is 113 Å². The lowest BCUT2D eigenvalue weighted by Crippen LogP contribution is -2.42. The molecule has 0 radical (unpaired) electrons. The number of hydrazone groups is 1. The molecule has 37 heavy (non-hydrogen) atoms. The lowest BCUT2D eigenvalue weighted by Gasteiger charge is -2.13. The first-order valence-electron chi connectivity index (χ1n) is 12.1. The van der Waals surface area contributed by atoms with Gasteiger partial charge in [-0.1, -0.05) is 66.7 Å². The molecule has 0 aliphatic heterocycles. The quantitative estimate of drug-likeness (QED) is 0.361. The number of nitrogens with zero attached hydrogens (tertiary/aromatic N) is 1. The number of hydrogen-bond acceptors (Lipinski definition) is 5. The standard InChI is InChI=1S/C29H26N4O4/c1-18-26-23(30-32-28(35)22-14-7-12-20-11-5-6-13-21(20)22)15-8-16-24(26)37-27(18)29(36)33-31-25(34)17-19-9-3-2-4-10-19/h2-7,9-14H,8,15-17H2,1H3,(H,31,34)(H,32,35)(H,33,36)/b30-23+. The normalized spacial score (nSPS) is 13.7. The fourth-order valence-corrected chi connectivity index (χ4v) is 4.61. The number of rotatable bonds is 5. The van der Waals surface area contributed by atoms with Crippen molar-refractivity contribution >= 4 is 34.2 Å². The summed E-state index contributed by atoms with van der Waals surface area (Å²) in [6.07, 6.45) is 2.21. The second kappa shape index (κ2) is 10.5. The van der Waals surface area contributed by atoms with Gasteiger partial charge >= 0.3 is 5.91 Å². The number of hydrazine groups is 1. The smallest absolute Gasteiger partial charge is 0.305 e.